The van der Waals surface area contributed by atoms with Crippen LogP contribution in [-0.2, 0) is 11.2 Å². The van der Waals surface area contributed by atoms with Crippen LogP contribution in [0.5, 0.6) is 0 Å². The number of rotatable bonds is 5. The van der Waals surface area contributed by atoms with Crippen molar-refractivity contribution in [3.05, 3.63) is 59.7 Å². The Labute approximate surface area is 122 Å². The minimum atomic E-state index is -0.725. The second-order valence-electron chi connectivity index (χ2n) is 4.54. The number of nitrogens with one attached hydrogen (secondary N) is 2. The van der Waals surface area contributed by atoms with Gasteiger partial charge >= 0.3 is 0 Å². The van der Waals surface area contributed by atoms with Crippen LogP contribution in [0.3, 0.4) is 0 Å². The van der Waals surface area contributed by atoms with E-state index in [1.165, 1.54) is 6.07 Å². The maximum Gasteiger partial charge on any atom is 0.243 e. The molecule has 0 spiro atoms. The van der Waals surface area contributed by atoms with E-state index in [2.05, 4.69) is 10.6 Å². The van der Waals surface area contributed by atoms with E-state index in [-0.39, 0.29) is 18.1 Å². The molecular formula is C16H16F2N2O. The van der Waals surface area contributed by atoms with E-state index >= 15 is 0 Å². The van der Waals surface area contributed by atoms with E-state index in [1.807, 2.05) is 31.2 Å². The van der Waals surface area contributed by atoms with Gasteiger partial charge in [-0.3, -0.25) is 4.79 Å². The highest BCUT2D eigenvalue weighted by Crippen LogP contribution is 2.16. The molecule has 0 heterocycles. The largest absolute Gasteiger partial charge is 0.374 e. The average molecular weight is 290 g/mol. The highest BCUT2D eigenvalue weighted by Gasteiger charge is 2.08. The van der Waals surface area contributed by atoms with Crippen LogP contribution in [0.1, 0.15) is 12.5 Å². The summed E-state index contributed by atoms with van der Waals surface area (Å²) in [5, 5.41) is 5.41. The van der Waals surface area contributed by atoms with Crippen molar-refractivity contribution in [2.24, 2.45) is 0 Å². The van der Waals surface area contributed by atoms with Crippen LogP contribution < -0.4 is 10.6 Å². The van der Waals surface area contributed by atoms with Crippen LogP contribution >= 0.6 is 0 Å². The topological polar surface area (TPSA) is 41.1 Å². The zero-order valence-electron chi connectivity index (χ0n) is 11.6. The monoisotopic (exact) mass is 290 g/mol. The molecule has 0 aliphatic carbocycles. The Balaban J connectivity index is 1.96. The third-order valence-corrected chi connectivity index (χ3v) is 3.04. The average Bonchev–Trinajstić information content (AvgIpc) is 2.47. The minimum absolute atomic E-state index is 0.0929. The zero-order chi connectivity index (χ0) is 15.2. The molecule has 0 atom stereocenters. The smallest absolute Gasteiger partial charge is 0.243 e. The van der Waals surface area contributed by atoms with Gasteiger partial charge in [0.15, 0.2) is 0 Å². The van der Waals surface area contributed by atoms with E-state index in [9.17, 15) is 13.6 Å². The van der Waals surface area contributed by atoms with Crippen LogP contribution in [0.2, 0.25) is 0 Å². The fourth-order valence-corrected chi connectivity index (χ4v) is 1.95. The zero-order valence-corrected chi connectivity index (χ0v) is 11.6. The molecule has 0 radical (unpaired) electrons. The van der Waals surface area contributed by atoms with Gasteiger partial charge in [-0.1, -0.05) is 25.1 Å². The maximum atomic E-state index is 13.4. The fraction of sp³-hybridized carbons (Fsp3) is 0.188. The van der Waals surface area contributed by atoms with Crippen molar-refractivity contribution < 1.29 is 13.6 Å². The first kappa shape index (κ1) is 15.0. The molecule has 110 valence electrons. The first-order chi connectivity index (χ1) is 10.1. The first-order valence-electron chi connectivity index (χ1n) is 6.67. The van der Waals surface area contributed by atoms with Gasteiger partial charge in [-0.2, -0.15) is 0 Å². The van der Waals surface area contributed by atoms with Gasteiger partial charge in [0.1, 0.15) is 11.6 Å². The molecule has 0 saturated heterocycles. The Morgan fingerprint density at radius 2 is 1.86 bits per heavy atom. The molecule has 0 aliphatic rings. The number of halogens is 2. The van der Waals surface area contributed by atoms with Crippen molar-refractivity contribution in [2.75, 3.05) is 17.2 Å². The van der Waals surface area contributed by atoms with Crippen molar-refractivity contribution in [1.82, 2.24) is 0 Å². The number of carbonyl (C=O) groups is 1. The highest BCUT2D eigenvalue weighted by molar-refractivity contribution is 5.94. The molecule has 21 heavy (non-hydrogen) atoms. The number of amides is 1. The molecule has 0 saturated carbocycles. The van der Waals surface area contributed by atoms with Crippen molar-refractivity contribution in [3.8, 4) is 0 Å². The van der Waals surface area contributed by atoms with Gasteiger partial charge in [0.2, 0.25) is 5.91 Å². The Bertz CT molecular complexity index is 644. The summed E-state index contributed by atoms with van der Waals surface area (Å²) in [5.74, 6) is -1.67. The molecule has 0 aromatic heterocycles. The number of hydrogen-bond donors (Lipinski definition) is 2. The van der Waals surface area contributed by atoms with Gasteiger partial charge in [0.25, 0.3) is 0 Å². The third kappa shape index (κ3) is 4.02. The predicted molar refractivity (Wildman–Crippen MR) is 79.3 cm³/mol. The predicted octanol–water partition coefficient (Wildman–Crippen LogP) is 3.58. The summed E-state index contributed by atoms with van der Waals surface area (Å²) in [7, 11) is 0. The summed E-state index contributed by atoms with van der Waals surface area (Å²) in [6.45, 7) is 1.90. The number of benzene rings is 2. The van der Waals surface area contributed by atoms with Gasteiger partial charge in [-0.05, 0) is 30.2 Å². The standard InChI is InChI=1S/C16H16F2N2O/c1-2-11-5-3-4-6-14(11)20-16(21)10-19-15-8-7-12(17)9-13(15)18/h3-9,19H,2,10H2,1H3,(H,20,21). The molecule has 2 rings (SSSR count). The maximum absolute atomic E-state index is 13.4. The fourth-order valence-electron chi connectivity index (χ4n) is 1.95. The van der Waals surface area contributed by atoms with Crippen LogP contribution in [0.25, 0.3) is 0 Å². The summed E-state index contributed by atoms with van der Waals surface area (Å²) >= 11 is 0. The summed E-state index contributed by atoms with van der Waals surface area (Å²) in [6, 6.07) is 10.7. The molecular weight excluding hydrogens is 274 g/mol. The lowest BCUT2D eigenvalue weighted by Gasteiger charge is -2.11. The van der Waals surface area contributed by atoms with Crippen LogP contribution in [0, 0.1) is 11.6 Å². The Hall–Kier alpha value is -2.43. The summed E-state index contributed by atoms with van der Waals surface area (Å²) in [5.41, 5.74) is 1.86. The molecule has 5 heteroatoms. The van der Waals surface area contributed by atoms with Crippen molar-refractivity contribution in [2.45, 2.75) is 13.3 Å². The Morgan fingerprint density at radius 3 is 2.57 bits per heavy atom. The molecule has 0 fully saturated rings. The van der Waals surface area contributed by atoms with Gasteiger partial charge in [0, 0.05) is 11.8 Å². The molecule has 1 amide bonds. The lowest BCUT2D eigenvalue weighted by molar-refractivity contribution is -0.114. The number of aryl methyl sites for hydroxylation is 1. The Morgan fingerprint density at radius 1 is 1.10 bits per heavy atom. The van der Waals surface area contributed by atoms with Crippen LogP contribution in [0.15, 0.2) is 42.5 Å². The minimum Gasteiger partial charge on any atom is -0.374 e. The van der Waals surface area contributed by atoms with E-state index in [0.717, 1.165) is 29.8 Å². The lowest BCUT2D eigenvalue weighted by atomic mass is 10.1. The molecule has 3 nitrogen and oxygen atoms in total. The summed E-state index contributed by atoms with van der Waals surface area (Å²) < 4.78 is 26.2. The quantitative estimate of drug-likeness (QED) is 0.883. The number of carbonyl (C=O) groups excluding carboxylic acids is 1. The second kappa shape index (κ2) is 6.83. The van der Waals surface area contributed by atoms with Gasteiger partial charge in [-0.15, -0.1) is 0 Å². The molecule has 0 unspecified atom stereocenters. The number of para-hydroxylation sites is 1. The lowest BCUT2D eigenvalue weighted by Crippen LogP contribution is -2.22. The normalized spacial score (nSPS) is 10.2. The van der Waals surface area contributed by atoms with E-state index in [1.54, 1.807) is 0 Å². The van der Waals surface area contributed by atoms with Gasteiger partial charge in [0.05, 0.1) is 12.2 Å². The highest BCUT2D eigenvalue weighted by atomic mass is 19.1. The van der Waals surface area contributed by atoms with Crippen LogP contribution in [-0.4, -0.2) is 12.5 Å². The van der Waals surface area contributed by atoms with Gasteiger partial charge < -0.3 is 10.6 Å². The molecule has 2 aromatic carbocycles. The van der Waals surface area contributed by atoms with E-state index < -0.39 is 11.6 Å². The van der Waals surface area contributed by atoms with Crippen molar-refractivity contribution in [1.29, 1.82) is 0 Å². The summed E-state index contributed by atoms with van der Waals surface area (Å²) in [4.78, 5) is 11.9. The van der Waals surface area contributed by atoms with E-state index in [4.69, 9.17) is 0 Å². The third-order valence-electron chi connectivity index (χ3n) is 3.04. The van der Waals surface area contributed by atoms with Crippen molar-refractivity contribution in [3.63, 3.8) is 0 Å². The van der Waals surface area contributed by atoms with Crippen molar-refractivity contribution >= 4 is 17.3 Å². The van der Waals surface area contributed by atoms with E-state index in [0.29, 0.717) is 0 Å². The summed E-state index contributed by atoms with van der Waals surface area (Å²) in [6.07, 6.45) is 0.802. The Kier molecular flexibility index (Phi) is 4.87. The molecule has 2 aromatic rings. The van der Waals surface area contributed by atoms with Crippen LogP contribution in [0.4, 0.5) is 20.2 Å². The second-order valence-corrected chi connectivity index (χ2v) is 4.54. The number of hydrogen-bond acceptors (Lipinski definition) is 2. The SMILES string of the molecule is CCc1ccccc1NC(=O)CNc1ccc(F)cc1F. The molecule has 0 bridgehead atoms. The first-order valence-corrected chi connectivity index (χ1v) is 6.67. The molecule has 0 aliphatic heterocycles. The molecule has 2 N–H and O–H groups in total. The number of anilines is 2. The van der Waals surface area contributed by atoms with Gasteiger partial charge in [-0.25, -0.2) is 8.78 Å².